The van der Waals surface area contributed by atoms with Crippen LogP contribution in [0.2, 0.25) is 0 Å². The summed E-state index contributed by atoms with van der Waals surface area (Å²) in [6.07, 6.45) is 32.2. The summed E-state index contributed by atoms with van der Waals surface area (Å²) in [5.41, 5.74) is 0. The lowest BCUT2D eigenvalue weighted by atomic mass is 10.0. The van der Waals surface area contributed by atoms with E-state index in [4.69, 9.17) is 9.79 Å². The van der Waals surface area contributed by atoms with Crippen molar-refractivity contribution in [3.63, 3.8) is 0 Å². The molecular weight excluding hydrogens is 563 g/mol. The number of aliphatic hydroxyl groups is 1. The fourth-order valence-electron chi connectivity index (χ4n) is 5.58. The molecule has 0 radical (unpaired) electrons. The molecule has 0 unspecified atom stereocenters. The van der Waals surface area contributed by atoms with E-state index >= 15 is 0 Å². The summed E-state index contributed by atoms with van der Waals surface area (Å²) in [7, 11) is -4.68. The Hall–Kier alpha value is -0.500. The fourth-order valence-corrected chi connectivity index (χ4v) is 5.94. The number of aliphatic hydroxyl groups excluding tert-OH is 1. The molecule has 260 valence electrons. The Morgan fingerprint density at radius 2 is 0.930 bits per heavy atom. The second-order valence-corrected chi connectivity index (χ2v) is 13.8. The van der Waals surface area contributed by atoms with Crippen LogP contribution in [0.1, 0.15) is 194 Å². The van der Waals surface area contributed by atoms with Gasteiger partial charge in [-0.05, 0) is 12.8 Å². The van der Waals surface area contributed by atoms with E-state index in [2.05, 4.69) is 23.7 Å². The first-order chi connectivity index (χ1) is 20.3. The van der Waals surface area contributed by atoms with E-state index in [1.807, 2.05) is 0 Å². The van der Waals surface area contributed by atoms with Crippen LogP contribution in [0.15, 0.2) is 0 Å². The van der Waals surface area contributed by atoms with Gasteiger partial charge in [-0.2, -0.15) is 0 Å². The molecule has 1 amide bonds. The number of amides is 1. The Morgan fingerprint density at radius 1 is 0.605 bits per heavy atom. The third kappa shape index (κ3) is 34.2. The van der Waals surface area contributed by atoms with Crippen LogP contribution in [0.25, 0.3) is 0 Å². The number of hydrogen-bond acceptors (Lipinski definition) is 5. The highest BCUT2D eigenvalue weighted by atomic mass is 31.2. The Bertz CT molecular complexity index is 634. The van der Waals surface area contributed by atoms with E-state index < -0.39 is 26.6 Å². The zero-order valence-corrected chi connectivity index (χ0v) is 29.3. The standard InChI is InChI=1S/C34H70NO6P.H3N/c1-3-5-7-9-11-13-15-17-19-21-23-25-27-29-33(36)32(31-41-42(38,39)40)35-34(37)30-28-26-24-22-20-18-16-14-12-10-8-6-4-2;/h32-33,36H,3-31H2,1-2H3,(H,35,37)(H2,38,39,40);1H3/t32-,33+;/m0./s1. The van der Waals surface area contributed by atoms with Crippen molar-refractivity contribution in [2.75, 3.05) is 6.61 Å². The van der Waals surface area contributed by atoms with Crippen LogP contribution in [0.4, 0.5) is 0 Å². The molecule has 0 aliphatic rings. The average molecular weight is 637 g/mol. The number of carbonyl (C=O) groups is 1. The van der Waals surface area contributed by atoms with Crippen molar-refractivity contribution in [2.45, 2.75) is 206 Å². The first-order valence-corrected chi connectivity index (χ1v) is 19.5. The molecule has 43 heavy (non-hydrogen) atoms. The monoisotopic (exact) mass is 637 g/mol. The minimum absolute atomic E-state index is 0. The van der Waals surface area contributed by atoms with Gasteiger partial charge < -0.3 is 26.4 Å². The maximum Gasteiger partial charge on any atom is 0.469 e. The third-order valence-corrected chi connectivity index (χ3v) is 8.83. The fraction of sp³-hybridized carbons (Fsp3) is 0.971. The van der Waals surface area contributed by atoms with Crippen LogP contribution in [-0.2, 0) is 13.9 Å². The average Bonchev–Trinajstić information content (AvgIpc) is 2.95. The van der Waals surface area contributed by atoms with Gasteiger partial charge in [0.2, 0.25) is 5.91 Å². The van der Waals surface area contributed by atoms with E-state index in [9.17, 15) is 14.5 Å². The number of rotatable bonds is 33. The summed E-state index contributed by atoms with van der Waals surface area (Å²) in [4.78, 5) is 30.7. The largest absolute Gasteiger partial charge is 0.469 e. The van der Waals surface area contributed by atoms with Gasteiger partial charge in [0.1, 0.15) is 0 Å². The minimum atomic E-state index is -4.68. The number of nitrogens with one attached hydrogen (secondary N) is 1. The lowest BCUT2D eigenvalue weighted by Gasteiger charge is -2.24. The van der Waals surface area contributed by atoms with Crippen molar-refractivity contribution in [1.29, 1.82) is 0 Å². The molecule has 9 heteroatoms. The van der Waals surface area contributed by atoms with Crippen molar-refractivity contribution in [2.24, 2.45) is 0 Å². The SMILES string of the molecule is CCCCCCCCCCCCCCCC(=O)N[C@@H](COP(=O)(O)O)[C@H](O)CCCCCCCCCCCCCCC.N. The summed E-state index contributed by atoms with van der Waals surface area (Å²) in [5, 5.41) is 13.4. The molecular formula is C34H73N2O6P. The molecule has 0 aromatic carbocycles. The maximum atomic E-state index is 12.5. The molecule has 0 bridgehead atoms. The number of phosphoric ester groups is 1. The number of phosphoric acid groups is 1. The summed E-state index contributed by atoms with van der Waals surface area (Å²) in [6, 6.07) is -0.815. The summed E-state index contributed by atoms with van der Waals surface area (Å²) >= 11 is 0. The highest BCUT2D eigenvalue weighted by Gasteiger charge is 2.25. The van der Waals surface area contributed by atoms with Crippen LogP contribution >= 0.6 is 7.82 Å². The van der Waals surface area contributed by atoms with Crippen molar-refractivity contribution < 1.29 is 28.8 Å². The summed E-state index contributed by atoms with van der Waals surface area (Å²) in [6.45, 7) is 4.11. The molecule has 0 saturated heterocycles. The van der Waals surface area contributed by atoms with E-state index in [-0.39, 0.29) is 12.1 Å². The van der Waals surface area contributed by atoms with Gasteiger partial charge in [0.05, 0.1) is 18.8 Å². The first kappa shape index (κ1) is 44.6. The van der Waals surface area contributed by atoms with Crippen LogP contribution in [0.3, 0.4) is 0 Å². The highest BCUT2D eigenvalue weighted by molar-refractivity contribution is 7.46. The van der Waals surface area contributed by atoms with E-state index in [1.54, 1.807) is 0 Å². The lowest BCUT2D eigenvalue weighted by molar-refractivity contribution is -0.123. The van der Waals surface area contributed by atoms with Gasteiger partial charge in [-0.3, -0.25) is 9.32 Å². The second kappa shape index (κ2) is 32.9. The Labute approximate surface area is 266 Å². The maximum absolute atomic E-state index is 12.5. The summed E-state index contributed by atoms with van der Waals surface area (Å²) in [5.74, 6) is -0.193. The van der Waals surface area contributed by atoms with Crippen molar-refractivity contribution in [3.8, 4) is 0 Å². The Kier molecular flexibility index (Phi) is 34.1. The zero-order valence-electron chi connectivity index (χ0n) is 28.4. The summed E-state index contributed by atoms with van der Waals surface area (Å²) < 4.78 is 15.9. The van der Waals surface area contributed by atoms with Gasteiger partial charge in [0, 0.05) is 6.42 Å². The van der Waals surface area contributed by atoms with Crippen LogP contribution in [0, 0.1) is 0 Å². The Morgan fingerprint density at radius 3 is 1.28 bits per heavy atom. The number of unbranched alkanes of at least 4 members (excludes halogenated alkanes) is 24. The quantitative estimate of drug-likeness (QED) is 0.0355. The van der Waals surface area contributed by atoms with Crippen LogP contribution in [-0.4, -0.2) is 39.6 Å². The van der Waals surface area contributed by atoms with E-state index in [0.29, 0.717) is 12.8 Å². The van der Waals surface area contributed by atoms with Crippen molar-refractivity contribution in [3.05, 3.63) is 0 Å². The zero-order chi connectivity index (χ0) is 31.2. The molecule has 0 heterocycles. The third-order valence-electron chi connectivity index (χ3n) is 8.34. The van der Waals surface area contributed by atoms with Gasteiger partial charge in [0.15, 0.2) is 0 Å². The first-order valence-electron chi connectivity index (χ1n) is 18.0. The molecule has 0 aliphatic carbocycles. The topological polar surface area (TPSA) is 151 Å². The van der Waals surface area contributed by atoms with Gasteiger partial charge in [0.25, 0.3) is 0 Å². The van der Waals surface area contributed by atoms with Gasteiger partial charge in [-0.25, -0.2) is 4.57 Å². The minimum Gasteiger partial charge on any atom is -0.391 e. The second-order valence-electron chi connectivity index (χ2n) is 12.6. The smallest absolute Gasteiger partial charge is 0.391 e. The molecule has 0 aliphatic heterocycles. The molecule has 0 rings (SSSR count). The number of carbonyl (C=O) groups excluding carboxylic acids is 1. The van der Waals surface area contributed by atoms with Gasteiger partial charge in [-0.15, -0.1) is 0 Å². The molecule has 0 spiro atoms. The molecule has 0 saturated carbocycles. The normalized spacial score (nSPS) is 13.0. The predicted molar refractivity (Wildman–Crippen MR) is 182 cm³/mol. The molecule has 0 fully saturated rings. The molecule has 0 aromatic heterocycles. The number of hydrogen-bond donors (Lipinski definition) is 5. The predicted octanol–water partition coefficient (Wildman–Crippen LogP) is 10.1. The Balaban J connectivity index is 0. The van der Waals surface area contributed by atoms with Gasteiger partial charge in [-0.1, -0.05) is 174 Å². The molecule has 8 nitrogen and oxygen atoms in total. The highest BCUT2D eigenvalue weighted by Crippen LogP contribution is 2.36. The molecule has 2 atom stereocenters. The van der Waals surface area contributed by atoms with Crippen LogP contribution in [0.5, 0.6) is 0 Å². The van der Waals surface area contributed by atoms with E-state index in [1.165, 1.54) is 128 Å². The van der Waals surface area contributed by atoms with Crippen molar-refractivity contribution in [1.82, 2.24) is 11.5 Å². The van der Waals surface area contributed by atoms with Crippen molar-refractivity contribution >= 4 is 13.7 Å². The molecule has 0 aromatic rings. The van der Waals surface area contributed by atoms with Gasteiger partial charge >= 0.3 is 7.82 Å². The lowest BCUT2D eigenvalue weighted by Crippen LogP contribution is -2.46. The van der Waals surface area contributed by atoms with Crippen LogP contribution < -0.4 is 11.5 Å². The van der Waals surface area contributed by atoms with E-state index in [0.717, 1.165) is 38.5 Å². The molecule has 7 N–H and O–H groups in total.